The van der Waals surface area contributed by atoms with E-state index in [2.05, 4.69) is 6.92 Å². The number of fused-ring (bicyclic) bond motifs is 1. The average molecular weight is 356 g/mol. The van der Waals surface area contributed by atoms with Crippen LogP contribution in [0, 0.1) is 11.8 Å². The summed E-state index contributed by atoms with van der Waals surface area (Å²) in [5, 5.41) is 21.4. The minimum absolute atomic E-state index is 0.0202. The maximum atomic E-state index is 11.9. The fraction of sp³-hybridized carbons (Fsp3) is 0.727. The Balaban J connectivity index is 1.62. The Hall–Kier alpha value is -1.42. The van der Waals surface area contributed by atoms with E-state index in [4.69, 9.17) is 10.2 Å². The van der Waals surface area contributed by atoms with Crippen molar-refractivity contribution in [3.63, 3.8) is 0 Å². The normalized spacial score (nSPS) is 34.2. The third kappa shape index (κ3) is 3.53. The van der Waals surface area contributed by atoms with E-state index >= 15 is 0 Å². The van der Waals surface area contributed by atoms with Crippen LogP contribution < -0.4 is 0 Å². The smallest absolute Gasteiger partial charge is 0.113 e. The monoisotopic (exact) mass is 355 g/mol. The van der Waals surface area contributed by atoms with Crippen LogP contribution in [0.5, 0.6) is 0 Å². The minimum atomic E-state index is -0.652. The fourth-order valence-corrected chi connectivity index (χ4v) is 5.35. The number of rotatable bonds is 2. The van der Waals surface area contributed by atoms with Crippen LogP contribution in [0.15, 0.2) is 24.3 Å². The zero-order valence-electron chi connectivity index (χ0n) is 16.1. The second-order valence-electron chi connectivity index (χ2n) is 8.78. The van der Waals surface area contributed by atoms with Crippen LogP contribution in [0.25, 0.3) is 11.0 Å². The lowest BCUT2D eigenvalue weighted by molar-refractivity contribution is -0.101. The molecule has 0 aliphatic heterocycles. The molecule has 2 aliphatic rings. The first-order valence-corrected chi connectivity index (χ1v) is 10.7. The molecule has 2 saturated carbocycles. The molecule has 1 aromatic heterocycles. The van der Waals surface area contributed by atoms with Crippen molar-refractivity contribution in [2.24, 2.45) is 11.8 Å². The molecule has 142 valence electrons. The number of hydrogen-bond donors (Lipinski definition) is 1. The average Bonchev–Trinajstić information content (AvgIpc) is 3.10. The molecule has 4 nitrogen and oxygen atoms in total. The van der Waals surface area contributed by atoms with Crippen LogP contribution in [0.1, 0.15) is 83.6 Å². The quantitative estimate of drug-likeness (QED) is 0.798. The van der Waals surface area contributed by atoms with Crippen molar-refractivity contribution in [1.29, 1.82) is 0 Å². The van der Waals surface area contributed by atoms with Gasteiger partial charge in [0, 0.05) is 0 Å². The summed E-state index contributed by atoms with van der Waals surface area (Å²) in [6.45, 7) is 2.39. The molecule has 4 atom stereocenters. The molecule has 0 bridgehead atoms. The minimum Gasteiger partial charge on any atom is -0.387 e. The van der Waals surface area contributed by atoms with Crippen molar-refractivity contribution in [1.82, 2.24) is 15.0 Å². The SMILES string of the molecule is CC1CCCCC(C2(O)CCCCC2n2nc3ccccc3n2)CCC1. The van der Waals surface area contributed by atoms with Gasteiger partial charge in [-0.3, -0.25) is 0 Å². The van der Waals surface area contributed by atoms with E-state index in [1.54, 1.807) is 0 Å². The third-order valence-corrected chi connectivity index (χ3v) is 6.92. The number of nitrogens with zero attached hydrogens (tertiary/aromatic N) is 3. The predicted molar refractivity (Wildman–Crippen MR) is 105 cm³/mol. The van der Waals surface area contributed by atoms with Crippen LogP contribution in [-0.4, -0.2) is 25.7 Å². The largest absolute Gasteiger partial charge is 0.387 e. The standard InChI is InChI=1S/C22H33N3O/c1-17-9-2-3-11-18(12-8-10-17)22(26)16-7-6-15-21(22)25-23-19-13-4-5-14-20(19)24-25/h4-5,13-14,17-18,21,26H,2-3,6-12,15-16H2,1H3. The molecular formula is C22H33N3O. The van der Waals surface area contributed by atoms with Gasteiger partial charge in [-0.05, 0) is 49.7 Å². The number of aromatic nitrogens is 3. The first-order valence-electron chi connectivity index (χ1n) is 10.7. The Morgan fingerprint density at radius 3 is 2.27 bits per heavy atom. The van der Waals surface area contributed by atoms with Gasteiger partial charge in [-0.15, -0.1) is 0 Å². The predicted octanol–water partition coefficient (Wildman–Crippen LogP) is 5.27. The van der Waals surface area contributed by atoms with Gasteiger partial charge in [0.05, 0.1) is 5.60 Å². The first-order chi connectivity index (χ1) is 12.7. The van der Waals surface area contributed by atoms with Gasteiger partial charge in [0.25, 0.3) is 0 Å². The van der Waals surface area contributed by atoms with Crippen LogP contribution in [-0.2, 0) is 0 Å². The summed E-state index contributed by atoms with van der Waals surface area (Å²) in [5.74, 6) is 1.22. The maximum Gasteiger partial charge on any atom is 0.113 e. The van der Waals surface area contributed by atoms with Crippen molar-refractivity contribution in [2.45, 2.75) is 89.2 Å². The molecule has 4 heteroatoms. The Labute approximate surface area is 157 Å². The van der Waals surface area contributed by atoms with E-state index < -0.39 is 5.60 Å². The van der Waals surface area contributed by atoms with Gasteiger partial charge >= 0.3 is 0 Å². The van der Waals surface area contributed by atoms with Crippen molar-refractivity contribution >= 4 is 11.0 Å². The summed E-state index contributed by atoms with van der Waals surface area (Å²) in [6.07, 6.45) is 12.9. The number of benzene rings is 1. The van der Waals surface area contributed by atoms with E-state index in [0.29, 0.717) is 5.92 Å². The Bertz CT molecular complexity index is 694. The van der Waals surface area contributed by atoms with E-state index in [1.807, 2.05) is 29.1 Å². The Morgan fingerprint density at radius 1 is 0.885 bits per heavy atom. The summed E-state index contributed by atoms with van der Waals surface area (Å²) in [4.78, 5) is 1.86. The zero-order chi connectivity index (χ0) is 18.0. The molecule has 26 heavy (non-hydrogen) atoms. The third-order valence-electron chi connectivity index (χ3n) is 6.92. The summed E-state index contributed by atoms with van der Waals surface area (Å²) in [5.41, 5.74) is 1.22. The fourth-order valence-electron chi connectivity index (χ4n) is 5.35. The van der Waals surface area contributed by atoms with Crippen molar-refractivity contribution in [3.8, 4) is 0 Å². The maximum absolute atomic E-state index is 11.9. The summed E-state index contributed by atoms with van der Waals surface area (Å²) in [6, 6.07) is 8.07. The lowest BCUT2D eigenvalue weighted by atomic mass is 9.69. The van der Waals surface area contributed by atoms with Crippen molar-refractivity contribution in [2.75, 3.05) is 0 Å². The summed E-state index contributed by atoms with van der Waals surface area (Å²) in [7, 11) is 0. The molecule has 4 unspecified atom stereocenters. The molecule has 0 spiro atoms. The highest BCUT2D eigenvalue weighted by atomic mass is 16.3. The summed E-state index contributed by atoms with van der Waals surface area (Å²) >= 11 is 0. The van der Waals surface area contributed by atoms with Crippen LogP contribution in [0.4, 0.5) is 0 Å². The second-order valence-corrected chi connectivity index (χ2v) is 8.78. The second kappa shape index (κ2) is 7.67. The molecule has 0 saturated heterocycles. The van der Waals surface area contributed by atoms with Gasteiger partial charge in [0.15, 0.2) is 0 Å². The highest BCUT2D eigenvalue weighted by Gasteiger charge is 2.46. The topological polar surface area (TPSA) is 50.9 Å². The first kappa shape index (κ1) is 18.0. The van der Waals surface area contributed by atoms with E-state index in [0.717, 1.165) is 55.5 Å². The van der Waals surface area contributed by atoms with E-state index in [-0.39, 0.29) is 6.04 Å². The molecule has 0 radical (unpaired) electrons. The Morgan fingerprint density at radius 2 is 1.50 bits per heavy atom. The lowest BCUT2D eigenvalue weighted by Crippen LogP contribution is -2.49. The molecule has 4 rings (SSSR count). The van der Waals surface area contributed by atoms with Gasteiger partial charge in [-0.25, -0.2) is 0 Å². The molecule has 2 aromatic rings. The molecule has 2 aliphatic carbocycles. The van der Waals surface area contributed by atoms with Crippen LogP contribution in [0.2, 0.25) is 0 Å². The molecule has 1 N–H and O–H groups in total. The zero-order valence-corrected chi connectivity index (χ0v) is 16.1. The van der Waals surface area contributed by atoms with Crippen molar-refractivity contribution < 1.29 is 5.11 Å². The van der Waals surface area contributed by atoms with Gasteiger partial charge in [-0.2, -0.15) is 15.0 Å². The lowest BCUT2D eigenvalue weighted by Gasteiger charge is -2.45. The van der Waals surface area contributed by atoms with Gasteiger partial charge < -0.3 is 5.11 Å². The van der Waals surface area contributed by atoms with E-state index in [1.165, 1.54) is 32.1 Å². The number of hydrogen-bond acceptors (Lipinski definition) is 3. The van der Waals surface area contributed by atoms with Gasteiger partial charge in [0.2, 0.25) is 0 Å². The molecule has 2 fully saturated rings. The summed E-state index contributed by atoms with van der Waals surface area (Å²) < 4.78 is 0. The van der Waals surface area contributed by atoms with Gasteiger partial charge in [0.1, 0.15) is 17.1 Å². The van der Waals surface area contributed by atoms with E-state index in [9.17, 15) is 5.11 Å². The van der Waals surface area contributed by atoms with Crippen LogP contribution in [0.3, 0.4) is 0 Å². The highest BCUT2D eigenvalue weighted by molar-refractivity contribution is 5.73. The molecule has 0 amide bonds. The highest BCUT2D eigenvalue weighted by Crippen LogP contribution is 2.46. The van der Waals surface area contributed by atoms with Crippen LogP contribution >= 0.6 is 0 Å². The molecular weight excluding hydrogens is 322 g/mol. The van der Waals surface area contributed by atoms with Crippen molar-refractivity contribution in [3.05, 3.63) is 24.3 Å². The Kier molecular flexibility index (Phi) is 5.30. The molecule has 1 aromatic carbocycles. The van der Waals surface area contributed by atoms with Gasteiger partial charge in [-0.1, -0.05) is 64.0 Å². The molecule has 1 heterocycles. The number of aliphatic hydroxyl groups is 1.